The van der Waals surface area contributed by atoms with Crippen LogP contribution in [0.15, 0.2) is 24.3 Å². The second-order valence-electron chi connectivity index (χ2n) is 4.70. The molecule has 0 bridgehead atoms. The molecule has 0 radical (unpaired) electrons. The molecular weight excluding hydrogens is 238 g/mol. The van der Waals surface area contributed by atoms with E-state index in [1.165, 1.54) is 12.8 Å². The third kappa shape index (κ3) is 4.59. The molecule has 1 saturated carbocycles. The van der Waals surface area contributed by atoms with Gasteiger partial charge in [-0.2, -0.15) is 0 Å². The summed E-state index contributed by atoms with van der Waals surface area (Å²) in [4.78, 5) is 2.47. The van der Waals surface area contributed by atoms with Crippen LogP contribution in [0.3, 0.4) is 0 Å². The van der Waals surface area contributed by atoms with E-state index >= 15 is 0 Å². The van der Waals surface area contributed by atoms with E-state index in [1.807, 2.05) is 24.3 Å². The smallest absolute Gasteiger partial charge is 0.120 e. The standard InChI is InChI=1S/C16H21NO2/c1-2-17(15-8-9-15)10-12-19-16-7-3-5-14(13-16)6-4-11-18/h3,5,7,13,15,18H,2,8-12H2,1H3. The Labute approximate surface area is 115 Å². The van der Waals surface area contributed by atoms with Crippen LogP contribution in [0.5, 0.6) is 5.75 Å². The molecule has 1 aromatic carbocycles. The van der Waals surface area contributed by atoms with Gasteiger partial charge in [-0.3, -0.25) is 4.90 Å². The van der Waals surface area contributed by atoms with Gasteiger partial charge >= 0.3 is 0 Å². The molecule has 1 N–H and O–H groups in total. The number of aliphatic hydroxyl groups excluding tert-OH is 1. The van der Waals surface area contributed by atoms with E-state index in [-0.39, 0.29) is 6.61 Å². The Morgan fingerprint density at radius 2 is 2.26 bits per heavy atom. The highest BCUT2D eigenvalue weighted by Crippen LogP contribution is 2.26. The van der Waals surface area contributed by atoms with Gasteiger partial charge in [0.05, 0.1) is 0 Å². The first kappa shape index (κ1) is 13.9. The van der Waals surface area contributed by atoms with Crippen LogP contribution in [0.25, 0.3) is 0 Å². The molecular formula is C16H21NO2. The van der Waals surface area contributed by atoms with Crippen LogP contribution >= 0.6 is 0 Å². The van der Waals surface area contributed by atoms with Crippen molar-refractivity contribution in [3.05, 3.63) is 29.8 Å². The molecule has 19 heavy (non-hydrogen) atoms. The topological polar surface area (TPSA) is 32.7 Å². The number of likely N-dealkylation sites (N-methyl/N-ethyl adjacent to an activating group) is 1. The fourth-order valence-electron chi connectivity index (χ4n) is 2.12. The predicted molar refractivity (Wildman–Crippen MR) is 76.2 cm³/mol. The second kappa shape index (κ2) is 7.18. The van der Waals surface area contributed by atoms with Gasteiger partial charge in [-0.05, 0) is 37.6 Å². The molecule has 3 nitrogen and oxygen atoms in total. The Hall–Kier alpha value is -1.50. The normalized spacial score (nSPS) is 14.1. The van der Waals surface area contributed by atoms with E-state index < -0.39 is 0 Å². The fourth-order valence-corrected chi connectivity index (χ4v) is 2.12. The molecule has 0 aromatic heterocycles. The summed E-state index contributed by atoms with van der Waals surface area (Å²) in [5, 5.41) is 8.67. The van der Waals surface area contributed by atoms with Crippen molar-refractivity contribution in [2.24, 2.45) is 0 Å². The Balaban J connectivity index is 1.81. The maximum Gasteiger partial charge on any atom is 0.120 e. The molecule has 2 rings (SSSR count). The monoisotopic (exact) mass is 259 g/mol. The number of nitrogens with zero attached hydrogens (tertiary/aromatic N) is 1. The molecule has 1 aliphatic rings. The summed E-state index contributed by atoms with van der Waals surface area (Å²) in [6.07, 6.45) is 2.67. The van der Waals surface area contributed by atoms with Gasteiger partial charge in [0.15, 0.2) is 0 Å². The van der Waals surface area contributed by atoms with Crippen LogP contribution in [0.4, 0.5) is 0 Å². The summed E-state index contributed by atoms with van der Waals surface area (Å²) in [6.45, 7) is 4.87. The van der Waals surface area contributed by atoms with Gasteiger partial charge in [0.1, 0.15) is 19.0 Å². The maximum atomic E-state index is 8.67. The Bertz CT molecular complexity index is 457. The molecule has 0 spiro atoms. The lowest BCUT2D eigenvalue weighted by molar-refractivity contribution is 0.209. The van der Waals surface area contributed by atoms with Gasteiger partial charge in [0, 0.05) is 18.2 Å². The van der Waals surface area contributed by atoms with Gasteiger partial charge in [0.25, 0.3) is 0 Å². The van der Waals surface area contributed by atoms with Crippen molar-refractivity contribution < 1.29 is 9.84 Å². The average Bonchev–Trinajstić information content (AvgIpc) is 3.26. The van der Waals surface area contributed by atoms with Crippen LogP contribution in [-0.2, 0) is 0 Å². The van der Waals surface area contributed by atoms with Crippen molar-refractivity contribution in [2.45, 2.75) is 25.8 Å². The van der Waals surface area contributed by atoms with E-state index in [9.17, 15) is 0 Å². The Kier molecular flexibility index (Phi) is 5.26. The first-order valence-electron chi connectivity index (χ1n) is 6.90. The first-order chi connectivity index (χ1) is 9.33. The molecule has 1 aliphatic carbocycles. The van der Waals surface area contributed by atoms with Crippen molar-refractivity contribution in [1.29, 1.82) is 0 Å². The minimum atomic E-state index is -0.113. The van der Waals surface area contributed by atoms with Gasteiger partial charge in [0.2, 0.25) is 0 Å². The molecule has 0 atom stereocenters. The van der Waals surface area contributed by atoms with Crippen molar-refractivity contribution in [3.63, 3.8) is 0 Å². The molecule has 0 amide bonds. The first-order valence-corrected chi connectivity index (χ1v) is 6.90. The number of benzene rings is 1. The lowest BCUT2D eigenvalue weighted by Crippen LogP contribution is -2.30. The molecule has 0 heterocycles. The molecule has 1 fully saturated rings. The summed E-state index contributed by atoms with van der Waals surface area (Å²) in [5.74, 6) is 6.37. The zero-order valence-electron chi connectivity index (χ0n) is 11.4. The summed E-state index contributed by atoms with van der Waals surface area (Å²) < 4.78 is 5.76. The maximum absolute atomic E-state index is 8.67. The third-order valence-corrected chi connectivity index (χ3v) is 3.26. The summed E-state index contributed by atoms with van der Waals surface area (Å²) >= 11 is 0. The van der Waals surface area contributed by atoms with Crippen LogP contribution in [-0.4, -0.2) is 42.4 Å². The van der Waals surface area contributed by atoms with Crippen LogP contribution in [0.1, 0.15) is 25.3 Å². The van der Waals surface area contributed by atoms with E-state index in [0.717, 1.165) is 30.4 Å². The number of hydrogen-bond donors (Lipinski definition) is 1. The van der Waals surface area contributed by atoms with Gasteiger partial charge in [-0.25, -0.2) is 0 Å². The Morgan fingerprint density at radius 3 is 2.95 bits per heavy atom. The summed E-state index contributed by atoms with van der Waals surface area (Å²) in [6, 6.07) is 8.48. The highest BCUT2D eigenvalue weighted by Gasteiger charge is 2.27. The second-order valence-corrected chi connectivity index (χ2v) is 4.70. The molecule has 0 aliphatic heterocycles. The number of aliphatic hydroxyl groups is 1. The Morgan fingerprint density at radius 1 is 1.42 bits per heavy atom. The lowest BCUT2D eigenvalue weighted by atomic mass is 10.2. The molecule has 3 heteroatoms. The van der Waals surface area contributed by atoms with E-state index in [0.29, 0.717) is 6.61 Å². The predicted octanol–water partition coefficient (Wildman–Crippen LogP) is 1.89. The third-order valence-electron chi connectivity index (χ3n) is 3.26. The summed E-state index contributed by atoms with van der Waals surface area (Å²) in [7, 11) is 0. The average molecular weight is 259 g/mol. The fraction of sp³-hybridized carbons (Fsp3) is 0.500. The molecule has 0 unspecified atom stereocenters. The van der Waals surface area contributed by atoms with Gasteiger partial charge in [-0.1, -0.05) is 24.8 Å². The number of hydrogen-bond acceptors (Lipinski definition) is 3. The molecule has 102 valence electrons. The quantitative estimate of drug-likeness (QED) is 0.792. The highest BCUT2D eigenvalue weighted by molar-refractivity contribution is 5.39. The van der Waals surface area contributed by atoms with E-state index in [1.54, 1.807) is 0 Å². The van der Waals surface area contributed by atoms with Crippen LogP contribution < -0.4 is 4.74 Å². The van der Waals surface area contributed by atoms with Crippen LogP contribution in [0.2, 0.25) is 0 Å². The molecule has 1 aromatic rings. The van der Waals surface area contributed by atoms with Crippen molar-refractivity contribution >= 4 is 0 Å². The zero-order valence-corrected chi connectivity index (χ0v) is 11.4. The minimum Gasteiger partial charge on any atom is -0.492 e. The number of ether oxygens (including phenoxy) is 1. The number of rotatable bonds is 6. The highest BCUT2D eigenvalue weighted by atomic mass is 16.5. The van der Waals surface area contributed by atoms with Crippen molar-refractivity contribution in [2.75, 3.05) is 26.3 Å². The SMILES string of the molecule is CCN(CCOc1cccc(C#CCO)c1)C1CC1. The van der Waals surface area contributed by atoms with Crippen molar-refractivity contribution in [1.82, 2.24) is 4.90 Å². The van der Waals surface area contributed by atoms with E-state index in [2.05, 4.69) is 23.7 Å². The minimum absolute atomic E-state index is 0.113. The van der Waals surface area contributed by atoms with E-state index in [4.69, 9.17) is 9.84 Å². The van der Waals surface area contributed by atoms with Gasteiger partial charge < -0.3 is 9.84 Å². The molecule has 0 saturated heterocycles. The summed E-state index contributed by atoms with van der Waals surface area (Å²) in [5.41, 5.74) is 0.876. The van der Waals surface area contributed by atoms with Crippen LogP contribution in [0, 0.1) is 11.8 Å². The lowest BCUT2D eigenvalue weighted by Gasteiger charge is -2.19. The van der Waals surface area contributed by atoms with Gasteiger partial charge in [-0.15, -0.1) is 0 Å². The van der Waals surface area contributed by atoms with Crippen molar-refractivity contribution in [3.8, 4) is 17.6 Å². The zero-order chi connectivity index (χ0) is 13.5. The largest absolute Gasteiger partial charge is 0.492 e.